The van der Waals surface area contributed by atoms with Crippen LogP contribution in [0.3, 0.4) is 0 Å². The second kappa shape index (κ2) is 5.03. The molecule has 2 rings (SSSR count). The van der Waals surface area contributed by atoms with Crippen molar-refractivity contribution in [3.05, 3.63) is 64.7 Å². The highest BCUT2D eigenvalue weighted by Crippen LogP contribution is 2.32. The topological polar surface area (TPSA) is 30.0 Å². The molecule has 0 radical (unpaired) electrons. The van der Waals surface area contributed by atoms with Crippen molar-refractivity contribution in [2.75, 3.05) is 0 Å². The first kappa shape index (κ1) is 14.2. The number of alkyl halides is 3. The Bertz CT molecular complexity index is 664. The van der Waals surface area contributed by atoms with E-state index in [0.29, 0.717) is 12.1 Å². The molecule has 0 saturated heterocycles. The van der Waals surface area contributed by atoms with Crippen LogP contribution in [0.2, 0.25) is 0 Å². The number of aryl methyl sites for hydroxylation is 1. The maximum atomic E-state index is 13.1. The molecule has 1 heterocycles. The second-order valence-electron chi connectivity index (χ2n) is 4.24. The number of rotatable bonds is 2. The van der Waals surface area contributed by atoms with E-state index in [1.54, 1.807) is 13.0 Å². The summed E-state index contributed by atoms with van der Waals surface area (Å²) in [4.78, 5) is 15.8. The molecule has 0 aliphatic rings. The molecule has 0 spiro atoms. The van der Waals surface area contributed by atoms with E-state index in [4.69, 9.17) is 0 Å². The maximum Gasteiger partial charge on any atom is 0.419 e. The van der Waals surface area contributed by atoms with Crippen LogP contribution in [0.25, 0.3) is 0 Å². The van der Waals surface area contributed by atoms with Crippen LogP contribution in [0.15, 0.2) is 36.5 Å². The third-order valence-corrected chi connectivity index (χ3v) is 2.68. The Labute approximate surface area is 112 Å². The van der Waals surface area contributed by atoms with E-state index in [0.717, 1.165) is 11.6 Å². The van der Waals surface area contributed by atoms with Gasteiger partial charge in [-0.05, 0) is 42.8 Å². The summed E-state index contributed by atoms with van der Waals surface area (Å²) < 4.78 is 50.9. The van der Waals surface area contributed by atoms with E-state index < -0.39 is 23.3 Å². The summed E-state index contributed by atoms with van der Waals surface area (Å²) in [6.45, 7) is 1.73. The smallest absolute Gasteiger partial charge is 0.287 e. The Hall–Kier alpha value is -2.24. The lowest BCUT2D eigenvalue weighted by molar-refractivity contribution is -0.140. The van der Waals surface area contributed by atoms with Gasteiger partial charge in [0, 0.05) is 11.8 Å². The number of hydrogen-bond acceptors (Lipinski definition) is 2. The van der Waals surface area contributed by atoms with Gasteiger partial charge >= 0.3 is 6.18 Å². The fourth-order valence-corrected chi connectivity index (χ4v) is 1.69. The Kier molecular flexibility index (Phi) is 3.57. The summed E-state index contributed by atoms with van der Waals surface area (Å²) in [5.41, 5.74) is -0.945. The van der Waals surface area contributed by atoms with Crippen molar-refractivity contribution < 1.29 is 22.4 Å². The van der Waals surface area contributed by atoms with Crippen LogP contribution in [0.1, 0.15) is 27.2 Å². The van der Waals surface area contributed by atoms with Gasteiger partial charge in [-0.15, -0.1) is 0 Å². The van der Waals surface area contributed by atoms with Crippen LogP contribution in [0.4, 0.5) is 17.6 Å². The van der Waals surface area contributed by atoms with Crippen LogP contribution >= 0.6 is 0 Å². The zero-order chi connectivity index (χ0) is 14.9. The third kappa shape index (κ3) is 2.84. The monoisotopic (exact) mass is 283 g/mol. The quantitative estimate of drug-likeness (QED) is 0.620. The molecule has 0 fully saturated rings. The van der Waals surface area contributed by atoms with E-state index in [-0.39, 0.29) is 11.3 Å². The number of ketones is 1. The molecule has 0 amide bonds. The van der Waals surface area contributed by atoms with Crippen molar-refractivity contribution in [3.63, 3.8) is 0 Å². The molecule has 0 aliphatic carbocycles. The van der Waals surface area contributed by atoms with E-state index in [1.807, 2.05) is 0 Å². The lowest BCUT2D eigenvalue weighted by Crippen LogP contribution is -2.11. The van der Waals surface area contributed by atoms with Crippen molar-refractivity contribution in [2.45, 2.75) is 13.1 Å². The summed E-state index contributed by atoms with van der Waals surface area (Å²) in [6, 6.07) is 5.26. The minimum atomic E-state index is -4.85. The van der Waals surface area contributed by atoms with Crippen molar-refractivity contribution in [3.8, 4) is 0 Å². The number of halogens is 4. The lowest BCUT2D eigenvalue weighted by atomic mass is 10.0. The fourth-order valence-electron chi connectivity index (χ4n) is 1.69. The maximum absolute atomic E-state index is 13.1. The van der Waals surface area contributed by atoms with Crippen molar-refractivity contribution in [2.24, 2.45) is 0 Å². The first-order valence-corrected chi connectivity index (χ1v) is 5.63. The van der Waals surface area contributed by atoms with Gasteiger partial charge in [0.05, 0.1) is 5.56 Å². The normalized spacial score (nSPS) is 11.4. The first-order valence-electron chi connectivity index (χ1n) is 5.63. The molecule has 1 aromatic heterocycles. The number of hydrogen-bond donors (Lipinski definition) is 0. The molecular formula is C14H9F4NO. The fraction of sp³-hybridized carbons (Fsp3) is 0.143. The van der Waals surface area contributed by atoms with Crippen LogP contribution in [-0.4, -0.2) is 10.8 Å². The summed E-state index contributed by atoms with van der Waals surface area (Å²) in [6.07, 6.45) is -3.46. The highest BCUT2D eigenvalue weighted by Gasteiger charge is 2.34. The van der Waals surface area contributed by atoms with Gasteiger partial charge in [-0.25, -0.2) is 4.39 Å². The van der Waals surface area contributed by atoms with Crippen molar-refractivity contribution >= 4 is 5.78 Å². The first-order chi connectivity index (χ1) is 9.29. The lowest BCUT2D eigenvalue weighted by Gasteiger charge is -2.09. The molecule has 2 aromatic rings. The van der Waals surface area contributed by atoms with E-state index >= 15 is 0 Å². The van der Waals surface area contributed by atoms with Crippen LogP contribution in [0.5, 0.6) is 0 Å². The molecule has 20 heavy (non-hydrogen) atoms. The second-order valence-corrected chi connectivity index (χ2v) is 4.24. The summed E-state index contributed by atoms with van der Waals surface area (Å²) in [5.74, 6) is -2.09. The van der Waals surface area contributed by atoms with Gasteiger partial charge in [0.15, 0.2) is 0 Å². The Balaban J connectivity index is 2.46. The molecule has 0 atom stereocenters. The summed E-state index contributed by atoms with van der Waals surface area (Å²) in [7, 11) is 0. The van der Waals surface area contributed by atoms with Crippen LogP contribution in [0, 0.1) is 12.7 Å². The number of carbonyl (C=O) groups is 1. The van der Waals surface area contributed by atoms with Gasteiger partial charge < -0.3 is 0 Å². The third-order valence-electron chi connectivity index (χ3n) is 2.68. The Morgan fingerprint density at radius 3 is 2.45 bits per heavy atom. The predicted octanol–water partition coefficient (Wildman–Crippen LogP) is 3.78. The number of pyridine rings is 1. The Morgan fingerprint density at radius 1 is 1.15 bits per heavy atom. The molecule has 0 unspecified atom stereocenters. The van der Waals surface area contributed by atoms with Gasteiger partial charge in [0.25, 0.3) is 0 Å². The number of nitrogens with zero attached hydrogens (tertiary/aromatic N) is 1. The molecule has 6 heteroatoms. The van der Waals surface area contributed by atoms with E-state index in [1.165, 1.54) is 12.3 Å². The van der Waals surface area contributed by atoms with E-state index in [2.05, 4.69) is 4.98 Å². The summed E-state index contributed by atoms with van der Waals surface area (Å²) in [5, 5.41) is 0. The SMILES string of the molecule is Cc1ccnc(C(=O)c2ccc(F)c(C(F)(F)F)c2)c1. The zero-order valence-corrected chi connectivity index (χ0v) is 10.3. The number of carbonyl (C=O) groups excluding carboxylic acids is 1. The molecule has 0 N–H and O–H groups in total. The van der Waals surface area contributed by atoms with Gasteiger partial charge in [0.1, 0.15) is 11.5 Å². The van der Waals surface area contributed by atoms with Gasteiger partial charge in [0.2, 0.25) is 5.78 Å². The molecule has 104 valence electrons. The average molecular weight is 283 g/mol. The minimum absolute atomic E-state index is 0.0183. The number of aromatic nitrogens is 1. The zero-order valence-electron chi connectivity index (χ0n) is 10.3. The molecule has 0 saturated carbocycles. The Morgan fingerprint density at radius 2 is 1.85 bits per heavy atom. The van der Waals surface area contributed by atoms with E-state index in [9.17, 15) is 22.4 Å². The van der Waals surface area contributed by atoms with Crippen LogP contribution < -0.4 is 0 Å². The summed E-state index contributed by atoms with van der Waals surface area (Å²) >= 11 is 0. The van der Waals surface area contributed by atoms with Gasteiger partial charge in [-0.3, -0.25) is 9.78 Å². The largest absolute Gasteiger partial charge is 0.419 e. The van der Waals surface area contributed by atoms with Gasteiger partial charge in [-0.2, -0.15) is 13.2 Å². The molecule has 0 bridgehead atoms. The van der Waals surface area contributed by atoms with Crippen molar-refractivity contribution in [1.82, 2.24) is 4.98 Å². The average Bonchev–Trinajstić information content (AvgIpc) is 2.37. The van der Waals surface area contributed by atoms with Gasteiger partial charge in [-0.1, -0.05) is 0 Å². The molecule has 0 aliphatic heterocycles. The molecular weight excluding hydrogens is 274 g/mol. The highest BCUT2D eigenvalue weighted by atomic mass is 19.4. The molecule has 1 aromatic carbocycles. The molecule has 2 nitrogen and oxygen atoms in total. The minimum Gasteiger partial charge on any atom is -0.287 e. The highest BCUT2D eigenvalue weighted by molar-refractivity contribution is 6.07. The predicted molar refractivity (Wildman–Crippen MR) is 63.8 cm³/mol. The number of benzene rings is 1. The van der Waals surface area contributed by atoms with Crippen molar-refractivity contribution in [1.29, 1.82) is 0 Å². The standard InChI is InChI=1S/C14H9F4NO/c1-8-4-5-19-12(6-8)13(20)9-2-3-11(15)10(7-9)14(16,17)18/h2-7H,1H3. The van der Waals surface area contributed by atoms with Crippen LogP contribution in [-0.2, 0) is 6.18 Å².